The van der Waals surface area contributed by atoms with Crippen LogP contribution in [-0.4, -0.2) is 33.2 Å². The van der Waals surface area contributed by atoms with Crippen LogP contribution in [0.3, 0.4) is 0 Å². The van der Waals surface area contributed by atoms with Gasteiger partial charge >= 0.3 is 5.97 Å². The summed E-state index contributed by atoms with van der Waals surface area (Å²) in [7, 11) is 0. The fraction of sp³-hybridized carbons (Fsp3) is 0.250. The molecule has 6 heteroatoms. The number of hydrogen-bond donors (Lipinski definition) is 3. The number of nitrogens with one attached hydrogen (secondary N) is 2. The average molecular weight is 247 g/mol. The number of nitrogens with zero attached hydrogens (tertiary/aromatic N) is 1. The van der Waals surface area contributed by atoms with E-state index in [1.165, 1.54) is 6.92 Å². The number of aromatic amines is 1. The molecule has 0 radical (unpaired) electrons. The predicted molar refractivity (Wildman–Crippen MR) is 65.0 cm³/mol. The number of carbonyl (C=O) groups is 2. The number of para-hydroxylation sites is 1. The molecule has 1 aromatic heterocycles. The highest BCUT2D eigenvalue weighted by Crippen LogP contribution is 2.15. The van der Waals surface area contributed by atoms with Crippen molar-refractivity contribution in [3.8, 4) is 0 Å². The summed E-state index contributed by atoms with van der Waals surface area (Å²) in [4.78, 5) is 22.3. The molecule has 1 atom stereocenters. The molecule has 94 valence electrons. The SMILES string of the molecule is C[C@@H](NC(=O)Cc1[nH]nc2ccccc12)C(=O)O. The molecule has 0 unspecified atom stereocenters. The molecule has 0 saturated carbocycles. The number of amides is 1. The second-order valence-electron chi connectivity index (χ2n) is 4.02. The fourth-order valence-electron chi connectivity index (χ4n) is 1.66. The van der Waals surface area contributed by atoms with Crippen molar-refractivity contribution in [1.29, 1.82) is 0 Å². The van der Waals surface area contributed by atoms with Crippen LogP contribution in [0, 0.1) is 0 Å². The molecule has 1 aromatic carbocycles. The van der Waals surface area contributed by atoms with Crippen LogP contribution in [0.2, 0.25) is 0 Å². The van der Waals surface area contributed by atoms with E-state index in [0.717, 1.165) is 10.9 Å². The number of rotatable bonds is 4. The lowest BCUT2D eigenvalue weighted by atomic mass is 10.1. The topological polar surface area (TPSA) is 95.1 Å². The second kappa shape index (κ2) is 4.87. The third-order valence-electron chi connectivity index (χ3n) is 2.63. The maximum Gasteiger partial charge on any atom is 0.325 e. The van der Waals surface area contributed by atoms with Crippen LogP contribution in [0.15, 0.2) is 24.3 Å². The Hall–Kier alpha value is -2.37. The summed E-state index contributed by atoms with van der Waals surface area (Å²) in [5, 5.41) is 18.8. The van der Waals surface area contributed by atoms with Gasteiger partial charge in [0.15, 0.2) is 0 Å². The van der Waals surface area contributed by atoms with Crippen LogP contribution in [0.25, 0.3) is 10.9 Å². The third kappa shape index (κ3) is 2.48. The van der Waals surface area contributed by atoms with E-state index in [4.69, 9.17) is 5.11 Å². The van der Waals surface area contributed by atoms with Gasteiger partial charge < -0.3 is 10.4 Å². The van der Waals surface area contributed by atoms with Crippen LogP contribution < -0.4 is 5.32 Å². The minimum Gasteiger partial charge on any atom is -0.480 e. The number of fused-ring (bicyclic) bond motifs is 1. The zero-order chi connectivity index (χ0) is 13.1. The second-order valence-corrected chi connectivity index (χ2v) is 4.02. The highest BCUT2D eigenvalue weighted by molar-refractivity contribution is 5.89. The van der Waals surface area contributed by atoms with Gasteiger partial charge in [0.25, 0.3) is 0 Å². The quantitative estimate of drug-likeness (QED) is 0.741. The molecular weight excluding hydrogens is 234 g/mol. The Labute approximate surface area is 103 Å². The van der Waals surface area contributed by atoms with Crippen molar-refractivity contribution < 1.29 is 14.7 Å². The van der Waals surface area contributed by atoms with Crippen molar-refractivity contribution in [2.45, 2.75) is 19.4 Å². The van der Waals surface area contributed by atoms with Gasteiger partial charge in [0.05, 0.1) is 17.6 Å². The van der Waals surface area contributed by atoms with Crippen LogP contribution in [-0.2, 0) is 16.0 Å². The summed E-state index contributed by atoms with van der Waals surface area (Å²) in [5.74, 6) is -1.41. The molecule has 6 nitrogen and oxygen atoms in total. The first-order valence-electron chi connectivity index (χ1n) is 5.52. The van der Waals surface area contributed by atoms with E-state index in [0.29, 0.717) is 5.69 Å². The van der Waals surface area contributed by atoms with Crippen LogP contribution in [0.4, 0.5) is 0 Å². The Morgan fingerprint density at radius 2 is 2.17 bits per heavy atom. The van der Waals surface area contributed by atoms with Crippen molar-refractivity contribution >= 4 is 22.8 Å². The van der Waals surface area contributed by atoms with E-state index in [2.05, 4.69) is 15.5 Å². The van der Waals surface area contributed by atoms with Gasteiger partial charge in [0.2, 0.25) is 5.91 Å². The molecule has 1 amide bonds. The van der Waals surface area contributed by atoms with E-state index in [1.807, 2.05) is 24.3 Å². The lowest BCUT2D eigenvalue weighted by Crippen LogP contribution is -2.39. The van der Waals surface area contributed by atoms with Crippen LogP contribution >= 0.6 is 0 Å². The number of aliphatic carboxylic acids is 1. The lowest BCUT2D eigenvalue weighted by Gasteiger charge is -2.08. The number of carboxylic acids is 1. The van der Waals surface area contributed by atoms with Crippen LogP contribution in [0.1, 0.15) is 12.6 Å². The monoisotopic (exact) mass is 247 g/mol. The fourth-order valence-corrected chi connectivity index (χ4v) is 1.66. The first kappa shape index (κ1) is 12.1. The molecule has 0 saturated heterocycles. The van der Waals surface area contributed by atoms with Gasteiger partial charge in [-0.15, -0.1) is 0 Å². The van der Waals surface area contributed by atoms with Gasteiger partial charge in [-0.1, -0.05) is 18.2 Å². The van der Waals surface area contributed by atoms with E-state index in [-0.39, 0.29) is 12.3 Å². The summed E-state index contributed by atoms with van der Waals surface area (Å²) >= 11 is 0. The Kier molecular flexibility index (Phi) is 3.27. The summed E-state index contributed by atoms with van der Waals surface area (Å²) in [6.45, 7) is 1.42. The molecule has 0 aliphatic heterocycles. The Morgan fingerprint density at radius 1 is 1.44 bits per heavy atom. The minimum atomic E-state index is -1.06. The zero-order valence-corrected chi connectivity index (χ0v) is 9.80. The summed E-state index contributed by atoms with van der Waals surface area (Å²) < 4.78 is 0. The van der Waals surface area contributed by atoms with Gasteiger partial charge in [0.1, 0.15) is 6.04 Å². The van der Waals surface area contributed by atoms with Crippen LogP contribution in [0.5, 0.6) is 0 Å². The van der Waals surface area contributed by atoms with Crippen molar-refractivity contribution in [2.24, 2.45) is 0 Å². The molecule has 2 rings (SSSR count). The molecule has 0 spiro atoms. The molecule has 18 heavy (non-hydrogen) atoms. The molecule has 0 fully saturated rings. The maximum atomic E-state index is 11.6. The molecule has 3 N–H and O–H groups in total. The number of aromatic nitrogens is 2. The van der Waals surface area contributed by atoms with Crippen molar-refractivity contribution in [3.05, 3.63) is 30.0 Å². The molecular formula is C12H13N3O3. The minimum absolute atomic E-state index is 0.0815. The maximum absolute atomic E-state index is 11.6. The summed E-state index contributed by atoms with van der Waals surface area (Å²) in [6, 6.07) is 6.53. The van der Waals surface area contributed by atoms with Crippen molar-refractivity contribution in [1.82, 2.24) is 15.5 Å². The van der Waals surface area contributed by atoms with Gasteiger partial charge in [-0.2, -0.15) is 5.10 Å². The van der Waals surface area contributed by atoms with Gasteiger partial charge in [-0.25, -0.2) is 0 Å². The van der Waals surface area contributed by atoms with Crippen molar-refractivity contribution in [2.75, 3.05) is 0 Å². The van der Waals surface area contributed by atoms with E-state index >= 15 is 0 Å². The third-order valence-corrected chi connectivity index (χ3v) is 2.63. The Bertz CT molecular complexity index is 591. The van der Waals surface area contributed by atoms with Gasteiger partial charge in [0, 0.05) is 5.39 Å². The molecule has 2 aromatic rings. The largest absolute Gasteiger partial charge is 0.480 e. The Balaban J connectivity index is 2.10. The summed E-state index contributed by atoms with van der Waals surface area (Å²) in [5.41, 5.74) is 1.47. The van der Waals surface area contributed by atoms with Crippen molar-refractivity contribution in [3.63, 3.8) is 0 Å². The standard InChI is InChI=1S/C12H13N3O3/c1-7(12(17)18)13-11(16)6-10-8-4-2-3-5-9(8)14-15-10/h2-5,7H,6H2,1H3,(H,13,16)(H,14,15)(H,17,18)/t7-/m1/s1. The van der Waals surface area contributed by atoms with Gasteiger partial charge in [-0.3, -0.25) is 14.7 Å². The number of carboxylic acid groups (broad SMARTS) is 1. The number of benzene rings is 1. The average Bonchev–Trinajstić information content (AvgIpc) is 2.72. The highest BCUT2D eigenvalue weighted by Gasteiger charge is 2.15. The van der Waals surface area contributed by atoms with Gasteiger partial charge in [-0.05, 0) is 13.0 Å². The lowest BCUT2D eigenvalue weighted by molar-refractivity contribution is -0.141. The smallest absolute Gasteiger partial charge is 0.325 e. The molecule has 0 aliphatic carbocycles. The number of hydrogen-bond acceptors (Lipinski definition) is 3. The van der Waals surface area contributed by atoms with E-state index in [1.54, 1.807) is 0 Å². The number of H-pyrrole nitrogens is 1. The van der Waals surface area contributed by atoms with E-state index in [9.17, 15) is 9.59 Å². The highest BCUT2D eigenvalue weighted by atomic mass is 16.4. The predicted octanol–water partition coefficient (Wildman–Crippen LogP) is 0.695. The first-order valence-corrected chi connectivity index (χ1v) is 5.52. The zero-order valence-electron chi connectivity index (χ0n) is 9.80. The Morgan fingerprint density at radius 3 is 2.89 bits per heavy atom. The summed E-state index contributed by atoms with van der Waals surface area (Å²) in [6.07, 6.45) is 0.0815. The molecule has 1 heterocycles. The normalized spacial score (nSPS) is 12.3. The van der Waals surface area contributed by atoms with E-state index < -0.39 is 12.0 Å². The number of carbonyl (C=O) groups excluding carboxylic acids is 1. The molecule has 0 aliphatic rings. The molecule has 0 bridgehead atoms. The first-order chi connectivity index (χ1) is 8.58.